The molecule has 0 aromatic heterocycles. The number of primary amides is 1. The van der Waals surface area contributed by atoms with E-state index in [1.54, 1.807) is 36.4 Å². The Kier molecular flexibility index (Phi) is 5.36. The van der Waals surface area contributed by atoms with Gasteiger partial charge in [0.2, 0.25) is 0 Å². The van der Waals surface area contributed by atoms with Gasteiger partial charge in [-0.05, 0) is 38.1 Å². The summed E-state index contributed by atoms with van der Waals surface area (Å²) >= 11 is 0. The fourth-order valence-corrected chi connectivity index (χ4v) is 2.36. The molecule has 5 nitrogen and oxygen atoms in total. The van der Waals surface area contributed by atoms with Crippen LogP contribution in [0.25, 0.3) is 0 Å². The van der Waals surface area contributed by atoms with Crippen molar-refractivity contribution in [3.05, 3.63) is 53.6 Å². The van der Waals surface area contributed by atoms with Crippen LogP contribution >= 0.6 is 0 Å². The van der Waals surface area contributed by atoms with Gasteiger partial charge in [-0.25, -0.2) is 0 Å². The Bertz CT molecular complexity index is 722. The highest BCUT2D eigenvalue weighted by Gasteiger charge is 2.07. The van der Waals surface area contributed by atoms with E-state index in [4.69, 9.17) is 5.73 Å². The zero-order valence-corrected chi connectivity index (χ0v) is 13.4. The molecule has 0 aliphatic heterocycles. The molecule has 0 unspecified atom stereocenters. The average molecular weight is 311 g/mol. The predicted molar refractivity (Wildman–Crippen MR) is 93.9 cm³/mol. The molecule has 0 saturated heterocycles. The van der Waals surface area contributed by atoms with Gasteiger partial charge in [-0.1, -0.05) is 12.1 Å². The maximum Gasteiger partial charge on any atom is 0.250 e. The molecule has 23 heavy (non-hydrogen) atoms. The van der Waals surface area contributed by atoms with Crippen molar-refractivity contribution >= 4 is 23.5 Å². The lowest BCUT2D eigenvalue weighted by Gasteiger charge is -2.21. The third kappa shape index (κ3) is 3.88. The number of carbonyl (C=O) groups excluding carboxylic acids is 1. The number of benzene rings is 2. The quantitative estimate of drug-likeness (QED) is 0.805. The van der Waals surface area contributed by atoms with Gasteiger partial charge in [0.15, 0.2) is 0 Å². The number of anilines is 1. The molecule has 0 spiro atoms. The smallest absolute Gasteiger partial charge is 0.250 e. The molecule has 0 atom stereocenters. The van der Waals surface area contributed by atoms with Crippen LogP contribution in [0.2, 0.25) is 0 Å². The zero-order valence-electron chi connectivity index (χ0n) is 13.4. The van der Waals surface area contributed by atoms with E-state index in [0.717, 1.165) is 18.8 Å². The lowest BCUT2D eigenvalue weighted by Crippen LogP contribution is -2.21. The van der Waals surface area contributed by atoms with Crippen molar-refractivity contribution in [3.8, 4) is 5.75 Å². The zero-order chi connectivity index (χ0) is 16.8. The molecule has 120 valence electrons. The van der Waals surface area contributed by atoms with Crippen LogP contribution in [0.5, 0.6) is 5.75 Å². The van der Waals surface area contributed by atoms with Gasteiger partial charge in [0.25, 0.3) is 5.91 Å². The number of aromatic hydroxyl groups is 1. The van der Waals surface area contributed by atoms with Crippen LogP contribution in [-0.4, -0.2) is 30.3 Å². The molecule has 0 saturated carbocycles. The maximum atomic E-state index is 11.4. The highest BCUT2D eigenvalue weighted by Crippen LogP contribution is 2.25. The summed E-state index contributed by atoms with van der Waals surface area (Å²) in [5.41, 5.74) is 7.70. The van der Waals surface area contributed by atoms with Crippen molar-refractivity contribution in [1.82, 2.24) is 0 Å². The number of nitrogens with two attached hydrogens (primary N) is 1. The van der Waals surface area contributed by atoms with Crippen molar-refractivity contribution in [2.45, 2.75) is 13.8 Å². The molecular formula is C18H21N3O2. The Hall–Kier alpha value is -2.82. The minimum atomic E-state index is -0.529. The summed E-state index contributed by atoms with van der Waals surface area (Å²) in [5, 5.41) is 10.2. The van der Waals surface area contributed by atoms with Crippen molar-refractivity contribution in [2.75, 3.05) is 18.0 Å². The minimum Gasteiger partial charge on any atom is -0.507 e. The van der Waals surface area contributed by atoms with Crippen molar-refractivity contribution in [1.29, 1.82) is 0 Å². The van der Waals surface area contributed by atoms with Gasteiger partial charge in [0, 0.05) is 36.6 Å². The third-order valence-electron chi connectivity index (χ3n) is 3.65. The van der Waals surface area contributed by atoms with Crippen LogP contribution in [0.4, 0.5) is 11.4 Å². The van der Waals surface area contributed by atoms with E-state index >= 15 is 0 Å². The molecule has 0 aliphatic rings. The first-order valence-corrected chi connectivity index (χ1v) is 7.57. The van der Waals surface area contributed by atoms with E-state index in [9.17, 15) is 9.90 Å². The second kappa shape index (κ2) is 7.45. The standard InChI is InChI=1S/C18H21N3O2/c1-3-21(4-2)14-10-9-13(17(22)11-14)12-20-16-8-6-5-7-15(16)18(19)23/h5-12,22H,3-4H2,1-2H3,(H2,19,23). The summed E-state index contributed by atoms with van der Waals surface area (Å²) in [5.74, 6) is -0.381. The van der Waals surface area contributed by atoms with Gasteiger partial charge >= 0.3 is 0 Å². The fraction of sp³-hybridized carbons (Fsp3) is 0.222. The molecule has 0 heterocycles. The Morgan fingerprint density at radius 1 is 1.22 bits per heavy atom. The fourth-order valence-electron chi connectivity index (χ4n) is 2.36. The monoisotopic (exact) mass is 311 g/mol. The number of aliphatic imine (C=N–C) groups is 1. The molecule has 3 N–H and O–H groups in total. The number of phenols is 1. The summed E-state index contributed by atoms with van der Waals surface area (Å²) in [6.45, 7) is 5.87. The van der Waals surface area contributed by atoms with Crippen LogP contribution in [0, 0.1) is 0 Å². The van der Waals surface area contributed by atoms with Crippen LogP contribution in [-0.2, 0) is 0 Å². The van der Waals surface area contributed by atoms with Crippen molar-refractivity contribution in [2.24, 2.45) is 10.7 Å². The summed E-state index contributed by atoms with van der Waals surface area (Å²) in [4.78, 5) is 17.8. The SMILES string of the molecule is CCN(CC)c1ccc(C=Nc2ccccc2C(N)=O)c(O)c1. The summed E-state index contributed by atoms with van der Waals surface area (Å²) in [6.07, 6.45) is 1.53. The van der Waals surface area contributed by atoms with Gasteiger partial charge in [-0.2, -0.15) is 0 Å². The molecular weight excluding hydrogens is 290 g/mol. The average Bonchev–Trinajstić information content (AvgIpc) is 2.55. The number of nitrogens with zero attached hydrogens (tertiary/aromatic N) is 2. The van der Waals surface area contributed by atoms with Gasteiger partial charge in [0.1, 0.15) is 5.75 Å². The second-order valence-electron chi connectivity index (χ2n) is 5.06. The first-order valence-electron chi connectivity index (χ1n) is 7.57. The van der Waals surface area contributed by atoms with E-state index in [2.05, 4.69) is 23.7 Å². The first-order chi connectivity index (χ1) is 11.1. The van der Waals surface area contributed by atoms with Gasteiger partial charge in [-0.15, -0.1) is 0 Å². The number of hydrogen-bond acceptors (Lipinski definition) is 4. The molecule has 2 aromatic carbocycles. The van der Waals surface area contributed by atoms with E-state index < -0.39 is 5.91 Å². The number of rotatable bonds is 6. The Morgan fingerprint density at radius 3 is 2.52 bits per heavy atom. The third-order valence-corrected chi connectivity index (χ3v) is 3.65. The molecule has 2 aromatic rings. The Morgan fingerprint density at radius 2 is 1.91 bits per heavy atom. The summed E-state index contributed by atoms with van der Waals surface area (Å²) in [6, 6.07) is 12.3. The molecule has 0 fully saturated rings. The number of para-hydroxylation sites is 1. The lowest BCUT2D eigenvalue weighted by molar-refractivity contribution is 0.100. The van der Waals surface area contributed by atoms with E-state index in [1.165, 1.54) is 6.21 Å². The summed E-state index contributed by atoms with van der Waals surface area (Å²) < 4.78 is 0. The lowest BCUT2D eigenvalue weighted by atomic mass is 10.1. The Balaban J connectivity index is 2.29. The van der Waals surface area contributed by atoms with Crippen molar-refractivity contribution < 1.29 is 9.90 Å². The number of phenolic OH excluding ortho intramolecular Hbond substituents is 1. The van der Waals surface area contributed by atoms with Gasteiger partial charge in [-0.3, -0.25) is 9.79 Å². The van der Waals surface area contributed by atoms with E-state index in [1.807, 2.05) is 6.07 Å². The predicted octanol–water partition coefficient (Wildman–Crippen LogP) is 3.09. The first kappa shape index (κ1) is 16.5. The number of hydrogen-bond donors (Lipinski definition) is 2. The molecule has 0 radical (unpaired) electrons. The van der Waals surface area contributed by atoms with Crippen LogP contribution in [0.15, 0.2) is 47.5 Å². The largest absolute Gasteiger partial charge is 0.507 e. The normalized spacial score (nSPS) is 10.9. The van der Waals surface area contributed by atoms with Crippen LogP contribution in [0.3, 0.4) is 0 Å². The second-order valence-corrected chi connectivity index (χ2v) is 5.06. The highest BCUT2D eigenvalue weighted by molar-refractivity contribution is 5.99. The van der Waals surface area contributed by atoms with E-state index in [-0.39, 0.29) is 5.75 Å². The molecule has 2 rings (SSSR count). The van der Waals surface area contributed by atoms with E-state index in [0.29, 0.717) is 16.8 Å². The van der Waals surface area contributed by atoms with Crippen LogP contribution in [0.1, 0.15) is 29.8 Å². The number of amides is 1. The van der Waals surface area contributed by atoms with Gasteiger partial charge in [0.05, 0.1) is 11.3 Å². The molecule has 1 amide bonds. The molecule has 5 heteroatoms. The molecule has 0 bridgehead atoms. The maximum absolute atomic E-state index is 11.4. The topological polar surface area (TPSA) is 78.9 Å². The summed E-state index contributed by atoms with van der Waals surface area (Å²) in [7, 11) is 0. The molecule has 0 aliphatic carbocycles. The van der Waals surface area contributed by atoms with Crippen LogP contribution < -0.4 is 10.6 Å². The highest BCUT2D eigenvalue weighted by atomic mass is 16.3. The number of carbonyl (C=O) groups is 1. The van der Waals surface area contributed by atoms with Gasteiger partial charge < -0.3 is 15.7 Å². The van der Waals surface area contributed by atoms with Crippen molar-refractivity contribution in [3.63, 3.8) is 0 Å². The minimum absolute atomic E-state index is 0.148. The Labute approximate surface area is 136 Å².